The van der Waals surface area contributed by atoms with Crippen molar-refractivity contribution in [3.63, 3.8) is 0 Å². The van der Waals surface area contributed by atoms with E-state index >= 15 is 0 Å². The largest absolute Gasteiger partial charge is 0.459 e. The van der Waals surface area contributed by atoms with Crippen molar-refractivity contribution in [2.24, 2.45) is 0 Å². The summed E-state index contributed by atoms with van der Waals surface area (Å²) in [6.45, 7) is 1.23. The smallest absolute Gasteiger partial charge is 0.287 e. The lowest BCUT2D eigenvalue weighted by atomic mass is 10.3. The number of nitrogens with one attached hydrogen (secondary N) is 2. The van der Waals surface area contributed by atoms with E-state index < -0.39 is 0 Å². The van der Waals surface area contributed by atoms with E-state index in [1.165, 1.54) is 6.26 Å². The molecular weight excluding hydrogens is 216 g/mol. The highest BCUT2D eigenvalue weighted by Gasteiger charge is 2.06. The number of furan rings is 1. The maximum absolute atomic E-state index is 11.5. The second-order valence-electron chi connectivity index (χ2n) is 3.53. The molecule has 0 fully saturated rings. The Labute approximate surface area is 99.6 Å². The van der Waals surface area contributed by atoms with E-state index in [0.717, 1.165) is 5.69 Å². The summed E-state index contributed by atoms with van der Waals surface area (Å²) in [4.78, 5) is 11.5. The number of benzene rings is 1. The number of amides is 1. The first-order valence-electron chi connectivity index (χ1n) is 5.47. The van der Waals surface area contributed by atoms with E-state index in [4.69, 9.17) is 4.42 Å². The van der Waals surface area contributed by atoms with Gasteiger partial charge in [0.15, 0.2) is 5.76 Å². The maximum atomic E-state index is 11.5. The van der Waals surface area contributed by atoms with Crippen LogP contribution in [0.15, 0.2) is 53.1 Å². The van der Waals surface area contributed by atoms with Crippen LogP contribution in [0.25, 0.3) is 0 Å². The number of para-hydroxylation sites is 1. The van der Waals surface area contributed by atoms with Crippen LogP contribution < -0.4 is 10.6 Å². The summed E-state index contributed by atoms with van der Waals surface area (Å²) < 4.78 is 4.98. The predicted molar refractivity (Wildman–Crippen MR) is 66.0 cm³/mol. The minimum atomic E-state index is -0.190. The van der Waals surface area contributed by atoms with Crippen LogP contribution in [0.1, 0.15) is 10.6 Å². The van der Waals surface area contributed by atoms with Crippen LogP contribution in [0, 0.1) is 0 Å². The monoisotopic (exact) mass is 230 g/mol. The van der Waals surface area contributed by atoms with Gasteiger partial charge in [-0.25, -0.2) is 0 Å². The molecule has 0 saturated carbocycles. The molecule has 0 spiro atoms. The van der Waals surface area contributed by atoms with E-state index in [-0.39, 0.29) is 5.91 Å². The highest BCUT2D eigenvalue weighted by molar-refractivity contribution is 5.91. The van der Waals surface area contributed by atoms with Crippen molar-refractivity contribution in [3.8, 4) is 0 Å². The van der Waals surface area contributed by atoms with Crippen molar-refractivity contribution in [2.45, 2.75) is 0 Å². The zero-order valence-corrected chi connectivity index (χ0v) is 9.35. The molecule has 1 heterocycles. The third-order valence-corrected chi connectivity index (χ3v) is 2.26. The molecule has 0 aliphatic carbocycles. The molecule has 0 atom stereocenters. The van der Waals surface area contributed by atoms with E-state index in [9.17, 15) is 4.79 Å². The van der Waals surface area contributed by atoms with Crippen LogP contribution in [0.4, 0.5) is 5.69 Å². The number of anilines is 1. The fourth-order valence-corrected chi connectivity index (χ4v) is 1.43. The lowest BCUT2D eigenvalue weighted by Gasteiger charge is -2.06. The van der Waals surface area contributed by atoms with E-state index in [0.29, 0.717) is 18.8 Å². The van der Waals surface area contributed by atoms with Gasteiger partial charge in [-0.2, -0.15) is 0 Å². The molecular formula is C13H14N2O2. The summed E-state index contributed by atoms with van der Waals surface area (Å²) in [5, 5.41) is 5.96. The van der Waals surface area contributed by atoms with Crippen LogP contribution in [-0.4, -0.2) is 19.0 Å². The van der Waals surface area contributed by atoms with Crippen LogP contribution in [0.3, 0.4) is 0 Å². The first-order chi connectivity index (χ1) is 8.36. The van der Waals surface area contributed by atoms with Gasteiger partial charge >= 0.3 is 0 Å². The Bertz CT molecular complexity index is 452. The van der Waals surface area contributed by atoms with Gasteiger partial charge in [-0.05, 0) is 24.3 Å². The minimum absolute atomic E-state index is 0.190. The zero-order chi connectivity index (χ0) is 11.9. The molecule has 88 valence electrons. The fraction of sp³-hybridized carbons (Fsp3) is 0.154. The highest BCUT2D eigenvalue weighted by Crippen LogP contribution is 2.03. The zero-order valence-electron chi connectivity index (χ0n) is 9.35. The van der Waals surface area contributed by atoms with Crippen LogP contribution in [0.2, 0.25) is 0 Å². The number of hydrogen-bond donors (Lipinski definition) is 2. The standard InChI is InChI=1S/C13H14N2O2/c16-13(12-7-4-10-17-12)15-9-8-14-11-5-2-1-3-6-11/h1-7,10,14H,8-9H2,(H,15,16). The number of carbonyl (C=O) groups excluding carboxylic acids is 1. The van der Waals surface area contributed by atoms with E-state index in [1.54, 1.807) is 12.1 Å². The SMILES string of the molecule is O=C(NCCNc1ccccc1)c1ccco1. The van der Waals surface area contributed by atoms with Gasteiger partial charge in [0, 0.05) is 18.8 Å². The van der Waals surface area contributed by atoms with Crippen LogP contribution >= 0.6 is 0 Å². The van der Waals surface area contributed by atoms with Crippen molar-refractivity contribution >= 4 is 11.6 Å². The maximum Gasteiger partial charge on any atom is 0.287 e. The normalized spacial score (nSPS) is 9.88. The molecule has 0 radical (unpaired) electrons. The van der Waals surface area contributed by atoms with E-state index in [2.05, 4.69) is 10.6 Å². The van der Waals surface area contributed by atoms with Crippen molar-refractivity contribution < 1.29 is 9.21 Å². The molecule has 2 aromatic rings. The van der Waals surface area contributed by atoms with Gasteiger partial charge in [0.1, 0.15) is 0 Å². The number of hydrogen-bond acceptors (Lipinski definition) is 3. The molecule has 1 amide bonds. The summed E-state index contributed by atoms with van der Waals surface area (Å²) >= 11 is 0. The molecule has 1 aromatic heterocycles. The molecule has 4 nitrogen and oxygen atoms in total. The summed E-state index contributed by atoms with van der Waals surface area (Å²) in [6, 6.07) is 13.2. The number of carbonyl (C=O) groups is 1. The van der Waals surface area contributed by atoms with Gasteiger partial charge in [-0.1, -0.05) is 18.2 Å². The first-order valence-corrected chi connectivity index (χ1v) is 5.47. The predicted octanol–water partition coefficient (Wildman–Crippen LogP) is 2.12. The Morgan fingerprint density at radius 3 is 2.59 bits per heavy atom. The van der Waals surface area contributed by atoms with Gasteiger partial charge in [0.05, 0.1) is 6.26 Å². The lowest BCUT2D eigenvalue weighted by molar-refractivity contribution is 0.0927. The van der Waals surface area contributed by atoms with Crippen LogP contribution in [0.5, 0.6) is 0 Å². The minimum Gasteiger partial charge on any atom is -0.459 e. The molecule has 1 aromatic carbocycles. The highest BCUT2D eigenvalue weighted by atomic mass is 16.3. The van der Waals surface area contributed by atoms with Crippen molar-refractivity contribution in [1.29, 1.82) is 0 Å². The average Bonchev–Trinajstić information content (AvgIpc) is 2.89. The second-order valence-corrected chi connectivity index (χ2v) is 3.53. The summed E-state index contributed by atoms with van der Waals surface area (Å²) in [7, 11) is 0. The molecule has 0 aliphatic rings. The van der Waals surface area contributed by atoms with Gasteiger partial charge in [-0.15, -0.1) is 0 Å². The molecule has 0 bridgehead atoms. The Morgan fingerprint density at radius 2 is 1.88 bits per heavy atom. The summed E-state index contributed by atoms with van der Waals surface area (Å²) in [5.74, 6) is 0.148. The molecule has 0 saturated heterocycles. The molecule has 2 rings (SSSR count). The summed E-state index contributed by atoms with van der Waals surface area (Å²) in [5.41, 5.74) is 1.04. The average molecular weight is 230 g/mol. The van der Waals surface area contributed by atoms with Crippen molar-refractivity contribution in [3.05, 3.63) is 54.5 Å². The van der Waals surface area contributed by atoms with Gasteiger partial charge in [0.25, 0.3) is 5.91 Å². The van der Waals surface area contributed by atoms with Crippen molar-refractivity contribution in [1.82, 2.24) is 5.32 Å². The van der Waals surface area contributed by atoms with Crippen molar-refractivity contribution in [2.75, 3.05) is 18.4 Å². The third kappa shape index (κ3) is 3.38. The Hall–Kier alpha value is -2.23. The topological polar surface area (TPSA) is 54.3 Å². The molecule has 0 aliphatic heterocycles. The Kier molecular flexibility index (Phi) is 3.81. The number of rotatable bonds is 5. The lowest BCUT2D eigenvalue weighted by Crippen LogP contribution is -2.28. The fourth-order valence-electron chi connectivity index (χ4n) is 1.43. The molecule has 0 unspecified atom stereocenters. The molecule has 17 heavy (non-hydrogen) atoms. The molecule has 4 heteroatoms. The van der Waals surface area contributed by atoms with Gasteiger partial charge < -0.3 is 15.1 Å². The van der Waals surface area contributed by atoms with Crippen LogP contribution in [-0.2, 0) is 0 Å². The van der Waals surface area contributed by atoms with Gasteiger partial charge in [0.2, 0.25) is 0 Å². The Morgan fingerprint density at radius 1 is 1.06 bits per heavy atom. The quantitative estimate of drug-likeness (QED) is 0.773. The third-order valence-electron chi connectivity index (χ3n) is 2.26. The first kappa shape index (κ1) is 11.3. The second kappa shape index (κ2) is 5.75. The van der Waals surface area contributed by atoms with Gasteiger partial charge in [-0.3, -0.25) is 4.79 Å². The Balaban J connectivity index is 1.69. The molecule has 2 N–H and O–H groups in total. The van der Waals surface area contributed by atoms with E-state index in [1.807, 2.05) is 30.3 Å². The summed E-state index contributed by atoms with van der Waals surface area (Å²) in [6.07, 6.45) is 1.48.